The monoisotopic (exact) mass is 358 g/mol. The summed E-state index contributed by atoms with van der Waals surface area (Å²) in [5.41, 5.74) is 1.22. The van der Waals surface area contributed by atoms with Gasteiger partial charge in [0.1, 0.15) is 5.69 Å². The standard InChI is InChI=1S/C11H12ClN6O2PS/c1-2-20-11(19)17-10(22)16-7-4-13-8(9(12)15-7)6-3-14-18(21)5-6/h3-5H,2,21H2,1H3,(H2,15,16,17,19,22). The van der Waals surface area contributed by atoms with Crippen molar-refractivity contribution in [2.75, 3.05) is 11.9 Å². The molecule has 1 unspecified atom stereocenters. The highest BCUT2D eigenvalue weighted by Crippen LogP contribution is 2.24. The molecule has 0 aliphatic carbocycles. The van der Waals surface area contributed by atoms with Crippen LogP contribution in [0.3, 0.4) is 0 Å². The SMILES string of the molecule is CCOC(=O)NC(=S)Nc1cnc(-c2cnn(P)c2)c(Cl)n1. The molecular weight excluding hydrogens is 347 g/mol. The molecule has 1 atom stereocenters. The predicted octanol–water partition coefficient (Wildman–Crippen LogP) is 2.07. The normalized spacial score (nSPS) is 10.1. The molecule has 0 aromatic carbocycles. The summed E-state index contributed by atoms with van der Waals surface area (Å²) in [7, 11) is 2.40. The third kappa shape index (κ3) is 4.33. The first-order chi connectivity index (χ1) is 10.5. The average Bonchev–Trinajstić information content (AvgIpc) is 2.85. The van der Waals surface area contributed by atoms with Crippen molar-refractivity contribution in [1.82, 2.24) is 24.8 Å². The number of nitrogens with zero attached hydrogens (tertiary/aromatic N) is 4. The molecule has 0 radical (unpaired) electrons. The Labute approximate surface area is 138 Å². The Morgan fingerprint density at radius 1 is 1.55 bits per heavy atom. The molecule has 2 N–H and O–H groups in total. The first-order valence-electron chi connectivity index (χ1n) is 6.07. The molecule has 0 saturated heterocycles. The van der Waals surface area contributed by atoms with Gasteiger partial charge in [0.15, 0.2) is 16.1 Å². The fraction of sp³-hybridized carbons (Fsp3) is 0.182. The van der Waals surface area contributed by atoms with Gasteiger partial charge in [-0.15, -0.1) is 0 Å². The van der Waals surface area contributed by atoms with Crippen molar-refractivity contribution >= 4 is 50.2 Å². The summed E-state index contributed by atoms with van der Waals surface area (Å²) in [5, 5.41) is 9.25. The number of hydrogen-bond donors (Lipinski definition) is 2. The zero-order valence-electron chi connectivity index (χ0n) is 11.4. The molecule has 2 rings (SSSR count). The second-order valence-electron chi connectivity index (χ2n) is 3.90. The van der Waals surface area contributed by atoms with Gasteiger partial charge in [-0.2, -0.15) is 5.10 Å². The Bertz CT molecular complexity index is 710. The van der Waals surface area contributed by atoms with Crippen molar-refractivity contribution in [2.45, 2.75) is 6.92 Å². The summed E-state index contributed by atoms with van der Waals surface area (Å²) in [6.07, 6.45) is 4.15. The minimum atomic E-state index is -0.650. The summed E-state index contributed by atoms with van der Waals surface area (Å²) in [6.45, 7) is 1.94. The average molecular weight is 359 g/mol. The highest BCUT2D eigenvalue weighted by Gasteiger charge is 2.11. The molecule has 0 spiro atoms. The predicted molar refractivity (Wildman–Crippen MR) is 89.7 cm³/mol. The fourth-order valence-electron chi connectivity index (χ4n) is 1.49. The fourth-order valence-corrected chi connectivity index (χ4v) is 2.15. The van der Waals surface area contributed by atoms with E-state index in [9.17, 15) is 4.79 Å². The van der Waals surface area contributed by atoms with Crippen LogP contribution in [0.5, 0.6) is 0 Å². The Balaban J connectivity index is 2.06. The first kappa shape index (κ1) is 16.5. The van der Waals surface area contributed by atoms with Crippen LogP contribution in [0.2, 0.25) is 5.15 Å². The Morgan fingerprint density at radius 3 is 2.91 bits per heavy atom. The molecule has 8 nitrogen and oxygen atoms in total. The van der Waals surface area contributed by atoms with Gasteiger partial charge < -0.3 is 10.1 Å². The molecule has 2 aromatic rings. The number of aromatic nitrogens is 4. The molecule has 0 aliphatic heterocycles. The number of carbonyl (C=O) groups is 1. The molecule has 0 fully saturated rings. The number of anilines is 1. The van der Waals surface area contributed by atoms with Gasteiger partial charge in [-0.05, 0) is 28.5 Å². The summed E-state index contributed by atoms with van der Waals surface area (Å²) in [5.74, 6) is 0.300. The van der Waals surface area contributed by atoms with E-state index in [2.05, 4.69) is 35.1 Å². The zero-order valence-corrected chi connectivity index (χ0v) is 14.1. The Kier molecular flexibility index (Phi) is 5.59. The van der Waals surface area contributed by atoms with Crippen molar-refractivity contribution in [1.29, 1.82) is 0 Å². The minimum absolute atomic E-state index is 0.0364. The van der Waals surface area contributed by atoms with Gasteiger partial charge >= 0.3 is 6.09 Å². The molecule has 2 aromatic heterocycles. The molecular formula is C11H12ClN6O2PS. The Hall–Kier alpha value is -1.83. The van der Waals surface area contributed by atoms with E-state index in [0.717, 1.165) is 5.56 Å². The molecule has 0 bridgehead atoms. The van der Waals surface area contributed by atoms with Gasteiger partial charge in [0.05, 0.1) is 19.0 Å². The quantitative estimate of drug-likeness (QED) is 0.640. The third-order valence-electron chi connectivity index (χ3n) is 2.34. The van der Waals surface area contributed by atoms with Crippen LogP contribution in [-0.4, -0.2) is 37.3 Å². The highest BCUT2D eigenvalue weighted by atomic mass is 35.5. The lowest BCUT2D eigenvalue weighted by molar-refractivity contribution is 0.158. The van der Waals surface area contributed by atoms with Crippen molar-refractivity contribution in [3.8, 4) is 11.3 Å². The number of ether oxygens (including phenoxy) is 1. The van der Waals surface area contributed by atoms with Gasteiger partial charge in [-0.3, -0.25) is 9.77 Å². The smallest absolute Gasteiger partial charge is 0.413 e. The maximum atomic E-state index is 11.2. The lowest BCUT2D eigenvalue weighted by Gasteiger charge is -2.09. The molecule has 1 amide bonds. The molecule has 22 heavy (non-hydrogen) atoms. The van der Waals surface area contributed by atoms with Crippen LogP contribution in [0.15, 0.2) is 18.6 Å². The van der Waals surface area contributed by atoms with E-state index < -0.39 is 6.09 Å². The van der Waals surface area contributed by atoms with Crippen molar-refractivity contribution < 1.29 is 9.53 Å². The molecule has 11 heteroatoms. The van der Waals surface area contributed by atoms with Crippen LogP contribution >= 0.6 is 33.2 Å². The number of thiocarbonyl (C=S) groups is 1. The number of carbonyl (C=O) groups excluding carboxylic acids is 1. The number of amides is 1. The first-order valence-corrected chi connectivity index (χ1v) is 7.37. The highest BCUT2D eigenvalue weighted by molar-refractivity contribution is 7.80. The summed E-state index contributed by atoms with van der Waals surface area (Å²) < 4.78 is 6.26. The van der Waals surface area contributed by atoms with Crippen LogP contribution in [0.4, 0.5) is 10.6 Å². The van der Waals surface area contributed by atoms with Crippen molar-refractivity contribution in [3.05, 3.63) is 23.7 Å². The maximum Gasteiger partial charge on any atom is 0.413 e. The van der Waals surface area contributed by atoms with E-state index in [0.29, 0.717) is 11.5 Å². The van der Waals surface area contributed by atoms with Crippen LogP contribution in [0.25, 0.3) is 11.3 Å². The summed E-state index contributed by atoms with van der Waals surface area (Å²) in [4.78, 5) is 19.5. The topological polar surface area (TPSA) is 94.0 Å². The van der Waals surface area contributed by atoms with E-state index in [1.54, 1.807) is 23.8 Å². The van der Waals surface area contributed by atoms with Crippen LogP contribution in [-0.2, 0) is 4.74 Å². The van der Waals surface area contributed by atoms with Gasteiger partial charge in [0.25, 0.3) is 0 Å². The molecule has 116 valence electrons. The van der Waals surface area contributed by atoms with E-state index in [1.165, 1.54) is 6.20 Å². The van der Waals surface area contributed by atoms with Crippen molar-refractivity contribution in [3.63, 3.8) is 0 Å². The van der Waals surface area contributed by atoms with E-state index in [1.807, 2.05) is 0 Å². The van der Waals surface area contributed by atoms with E-state index in [4.69, 9.17) is 28.6 Å². The van der Waals surface area contributed by atoms with Gasteiger partial charge in [-0.25, -0.2) is 14.8 Å². The number of halogens is 1. The van der Waals surface area contributed by atoms with Gasteiger partial charge in [0, 0.05) is 11.8 Å². The molecule has 0 saturated carbocycles. The molecule has 2 heterocycles. The van der Waals surface area contributed by atoms with Crippen LogP contribution in [0.1, 0.15) is 6.92 Å². The second-order valence-corrected chi connectivity index (χ2v) is 5.20. The largest absolute Gasteiger partial charge is 0.450 e. The number of alkyl carbamates (subject to hydrolysis) is 1. The van der Waals surface area contributed by atoms with Crippen molar-refractivity contribution in [2.24, 2.45) is 0 Å². The lowest BCUT2D eigenvalue weighted by atomic mass is 10.3. The molecule has 0 aliphatic rings. The maximum absolute atomic E-state index is 11.2. The van der Waals surface area contributed by atoms with Gasteiger partial charge in [-0.1, -0.05) is 11.6 Å². The zero-order chi connectivity index (χ0) is 16.1. The number of nitrogens with one attached hydrogen (secondary N) is 2. The number of rotatable bonds is 3. The lowest BCUT2D eigenvalue weighted by Crippen LogP contribution is -2.34. The summed E-state index contributed by atoms with van der Waals surface area (Å²) >= 11 is 11.0. The Morgan fingerprint density at radius 2 is 2.32 bits per heavy atom. The second kappa shape index (κ2) is 7.44. The van der Waals surface area contributed by atoms with E-state index >= 15 is 0 Å². The third-order valence-corrected chi connectivity index (χ3v) is 3.09. The van der Waals surface area contributed by atoms with Crippen LogP contribution < -0.4 is 10.6 Å². The van der Waals surface area contributed by atoms with Gasteiger partial charge in [0.2, 0.25) is 0 Å². The number of hydrogen-bond acceptors (Lipinski definition) is 6. The van der Waals surface area contributed by atoms with Crippen LogP contribution in [0, 0.1) is 0 Å². The summed E-state index contributed by atoms with van der Waals surface area (Å²) in [6, 6.07) is 0. The minimum Gasteiger partial charge on any atom is -0.450 e. The van der Waals surface area contributed by atoms with E-state index in [-0.39, 0.29) is 16.9 Å².